The molecule has 0 radical (unpaired) electrons. The van der Waals surface area contributed by atoms with Gasteiger partial charge in [0.2, 0.25) is 5.91 Å². The SMILES string of the molecule is CCC(CC)C(=O)NCCCc1nc2ccccc2n1CCCOc1ccccc1OC. The van der Waals surface area contributed by atoms with E-state index in [9.17, 15) is 4.79 Å². The van der Waals surface area contributed by atoms with Crippen LogP contribution in [0.1, 0.15) is 45.4 Å². The lowest BCUT2D eigenvalue weighted by Crippen LogP contribution is -2.31. The number of rotatable bonds is 13. The molecule has 0 aliphatic heterocycles. The molecule has 0 spiro atoms. The van der Waals surface area contributed by atoms with E-state index in [1.807, 2.05) is 36.4 Å². The van der Waals surface area contributed by atoms with Crippen LogP contribution in [0.15, 0.2) is 48.5 Å². The molecule has 0 aliphatic rings. The highest BCUT2D eigenvalue weighted by Gasteiger charge is 2.14. The third kappa shape index (κ3) is 6.02. The van der Waals surface area contributed by atoms with Crippen molar-refractivity contribution in [2.75, 3.05) is 20.3 Å². The van der Waals surface area contributed by atoms with Crippen molar-refractivity contribution >= 4 is 16.9 Å². The molecule has 2 aromatic carbocycles. The second kappa shape index (κ2) is 12.1. The molecule has 0 saturated heterocycles. The molecule has 0 fully saturated rings. The van der Waals surface area contributed by atoms with Crippen LogP contribution in [-0.2, 0) is 17.8 Å². The van der Waals surface area contributed by atoms with Gasteiger partial charge in [0.1, 0.15) is 5.82 Å². The minimum Gasteiger partial charge on any atom is -0.493 e. The van der Waals surface area contributed by atoms with Crippen LogP contribution in [0.4, 0.5) is 0 Å². The quantitative estimate of drug-likeness (QED) is 0.382. The highest BCUT2D eigenvalue weighted by atomic mass is 16.5. The molecule has 1 N–H and O–H groups in total. The largest absolute Gasteiger partial charge is 0.493 e. The van der Waals surface area contributed by atoms with Gasteiger partial charge in [-0.1, -0.05) is 38.1 Å². The van der Waals surface area contributed by atoms with Gasteiger partial charge >= 0.3 is 0 Å². The summed E-state index contributed by atoms with van der Waals surface area (Å²) in [4.78, 5) is 17.1. The number of aromatic nitrogens is 2. The predicted molar refractivity (Wildman–Crippen MR) is 128 cm³/mol. The van der Waals surface area contributed by atoms with E-state index in [2.05, 4.69) is 35.9 Å². The third-order valence-corrected chi connectivity index (χ3v) is 5.82. The zero-order valence-electron chi connectivity index (χ0n) is 19.5. The van der Waals surface area contributed by atoms with Crippen molar-refractivity contribution in [3.63, 3.8) is 0 Å². The summed E-state index contributed by atoms with van der Waals surface area (Å²) in [6.07, 6.45) is 4.32. The summed E-state index contributed by atoms with van der Waals surface area (Å²) < 4.78 is 13.6. The topological polar surface area (TPSA) is 65.4 Å². The van der Waals surface area contributed by atoms with Crippen molar-refractivity contribution in [1.82, 2.24) is 14.9 Å². The Morgan fingerprint density at radius 2 is 1.75 bits per heavy atom. The first kappa shape index (κ1) is 23.6. The molecule has 0 aliphatic carbocycles. The van der Waals surface area contributed by atoms with Crippen LogP contribution in [-0.4, -0.2) is 35.7 Å². The lowest BCUT2D eigenvalue weighted by molar-refractivity contribution is -0.125. The molecular weight excluding hydrogens is 402 g/mol. The van der Waals surface area contributed by atoms with Gasteiger partial charge in [0.15, 0.2) is 11.5 Å². The second-order valence-corrected chi connectivity index (χ2v) is 7.93. The number of fused-ring (bicyclic) bond motifs is 1. The first-order chi connectivity index (χ1) is 15.7. The Balaban J connectivity index is 1.57. The van der Waals surface area contributed by atoms with E-state index in [4.69, 9.17) is 14.5 Å². The van der Waals surface area contributed by atoms with Crippen LogP contribution in [0.2, 0.25) is 0 Å². The Morgan fingerprint density at radius 3 is 2.50 bits per heavy atom. The van der Waals surface area contributed by atoms with Crippen molar-refractivity contribution in [1.29, 1.82) is 0 Å². The Bertz CT molecular complexity index is 995. The summed E-state index contributed by atoms with van der Waals surface area (Å²) >= 11 is 0. The summed E-state index contributed by atoms with van der Waals surface area (Å²) in [5.41, 5.74) is 2.15. The van der Waals surface area contributed by atoms with Crippen molar-refractivity contribution in [3.8, 4) is 11.5 Å². The Morgan fingerprint density at radius 1 is 1.03 bits per heavy atom. The first-order valence-corrected chi connectivity index (χ1v) is 11.7. The number of hydrogen-bond donors (Lipinski definition) is 1. The Labute approximate surface area is 190 Å². The number of aryl methyl sites for hydroxylation is 2. The van der Waals surface area contributed by atoms with Gasteiger partial charge in [-0.3, -0.25) is 4.79 Å². The summed E-state index contributed by atoms with van der Waals surface area (Å²) in [6, 6.07) is 15.9. The molecular formula is C26H35N3O3. The highest BCUT2D eigenvalue weighted by molar-refractivity contribution is 5.78. The molecule has 0 saturated carbocycles. The van der Waals surface area contributed by atoms with Gasteiger partial charge in [0.05, 0.1) is 24.8 Å². The number of carbonyl (C=O) groups excluding carboxylic acids is 1. The van der Waals surface area contributed by atoms with Crippen LogP contribution < -0.4 is 14.8 Å². The van der Waals surface area contributed by atoms with Gasteiger partial charge < -0.3 is 19.4 Å². The van der Waals surface area contributed by atoms with Crippen LogP contribution >= 0.6 is 0 Å². The normalized spacial score (nSPS) is 11.1. The van der Waals surface area contributed by atoms with E-state index in [-0.39, 0.29) is 11.8 Å². The number of amides is 1. The molecule has 3 aromatic rings. The molecule has 3 rings (SSSR count). The number of nitrogens with zero attached hydrogens (tertiary/aromatic N) is 2. The molecule has 1 aromatic heterocycles. The second-order valence-electron chi connectivity index (χ2n) is 7.93. The zero-order valence-corrected chi connectivity index (χ0v) is 19.5. The summed E-state index contributed by atoms with van der Waals surface area (Å²) in [7, 11) is 1.65. The average molecular weight is 438 g/mol. The van der Waals surface area contributed by atoms with Crippen LogP contribution in [0.25, 0.3) is 11.0 Å². The first-order valence-electron chi connectivity index (χ1n) is 11.7. The minimum absolute atomic E-state index is 0.114. The number of para-hydroxylation sites is 4. The number of nitrogens with one attached hydrogen (secondary N) is 1. The maximum atomic E-state index is 12.2. The smallest absolute Gasteiger partial charge is 0.223 e. The lowest BCUT2D eigenvalue weighted by atomic mass is 10.0. The van der Waals surface area contributed by atoms with Gasteiger partial charge in [-0.25, -0.2) is 4.98 Å². The van der Waals surface area contributed by atoms with E-state index in [1.54, 1.807) is 7.11 Å². The Kier molecular flexibility index (Phi) is 8.96. The molecule has 0 unspecified atom stereocenters. The molecule has 32 heavy (non-hydrogen) atoms. The van der Waals surface area contributed by atoms with Gasteiger partial charge in [0, 0.05) is 25.4 Å². The fourth-order valence-corrected chi connectivity index (χ4v) is 3.97. The van der Waals surface area contributed by atoms with Crippen molar-refractivity contribution in [2.24, 2.45) is 5.92 Å². The number of ether oxygens (including phenoxy) is 2. The molecule has 0 bridgehead atoms. The monoisotopic (exact) mass is 437 g/mol. The maximum absolute atomic E-state index is 12.2. The van der Waals surface area contributed by atoms with Crippen molar-refractivity contribution in [2.45, 2.75) is 52.5 Å². The number of hydrogen-bond acceptors (Lipinski definition) is 4. The molecule has 0 atom stereocenters. The average Bonchev–Trinajstić information content (AvgIpc) is 3.18. The number of benzene rings is 2. The highest BCUT2D eigenvalue weighted by Crippen LogP contribution is 2.26. The van der Waals surface area contributed by atoms with Crippen molar-refractivity contribution in [3.05, 3.63) is 54.4 Å². The van der Waals surface area contributed by atoms with E-state index in [1.165, 1.54) is 0 Å². The van der Waals surface area contributed by atoms with E-state index >= 15 is 0 Å². The lowest BCUT2D eigenvalue weighted by Gasteiger charge is -2.13. The molecule has 1 heterocycles. The van der Waals surface area contributed by atoms with E-state index in [0.29, 0.717) is 13.2 Å². The number of methoxy groups -OCH3 is 1. The van der Waals surface area contributed by atoms with E-state index in [0.717, 1.165) is 67.0 Å². The maximum Gasteiger partial charge on any atom is 0.223 e. The van der Waals surface area contributed by atoms with Crippen LogP contribution in [0.5, 0.6) is 11.5 Å². The van der Waals surface area contributed by atoms with E-state index < -0.39 is 0 Å². The fourth-order valence-electron chi connectivity index (χ4n) is 3.97. The molecule has 6 nitrogen and oxygen atoms in total. The predicted octanol–water partition coefficient (Wildman–Crippen LogP) is 5.00. The van der Waals surface area contributed by atoms with Gasteiger partial charge in [-0.15, -0.1) is 0 Å². The fraction of sp³-hybridized carbons (Fsp3) is 0.462. The van der Waals surface area contributed by atoms with Crippen molar-refractivity contribution < 1.29 is 14.3 Å². The zero-order chi connectivity index (χ0) is 22.8. The van der Waals surface area contributed by atoms with Gasteiger partial charge in [0.25, 0.3) is 0 Å². The molecule has 6 heteroatoms. The summed E-state index contributed by atoms with van der Waals surface area (Å²) in [5.74, 6) is 2.84. The minimum atomic E-state index is 0.114. The molecule has 1 amide bonds. The summed E-state index contributed by atoms with van der Waals surface area (Å²) in [6.45, 7) is 6.22. The van der Waals surface area contributed by atoms with Crippen LogP contribution in [0, 0.1) is 5.92 Å². The van der Waals surface area contributed by atoms with Gasteiger partial charge in [-0.05, 0) is 49.9 Å². The third-order valence-electron chi connectivity index (χ3n) is 5.82. The number of imidazole rings is 1. The summed E-state index contributed by atoms with van der Waals surface area (Å²) in [5, 5.41) is 3.08. The Hall–Kier alpha value is -3.02. The molecule has 172 valence electrons. The number of carbonyl (C=O) groups is 1. The van der Waals surface area contributed by atoms with Crippen LogP contribution in [0.3, 0.4) is 0 Å². The van der Waals surface area contributed by atoms with Gasteiger partial charge in [-0.2, -0.15) is 0 Å². The standard InChI is InChI=1S/C26H35N3O3/c1-4-20(5-2)26(30)27-17-10-16-25-28-21-12-6-7-13-22(21)29(25)18-11-19-32-24-15-9-8-14-23(24)31-3/h6-9,12-15,20H,4-5,10-11,16-19H2,1-3H3,(H,27,30).